The molecule has 2 rings (SSSR count). The summed E-state index contributed by atoms with van der Waals surface area (Å²) in [6, 6.07) is 8.28. The van der Waals surface area contributed by atoms with Crippen molar-refractivity contribution in [3.63, 3.8) is 0 Å². The fourth-order valence-corrected chi connectivity index (χ4v) is 2.50. The number of ether oxygens (including phenoxy) is 1. The van der Waals surface area contributed by atoms with Gasteiger partial charge in [0.15, 0.2) is 0 Å². The lowest BCUT2D eigenvalue weighted by Gasteiger charge is -2.35. The maximum atomic E-state index is 11.9. The van der Waals surface area contributed by atoms with Crippen LogP contribution in [0.1, 0.15) is 19.3 Å². The van der Waals surface area contributed by atoms with E-state index < -0.39 is 18.2 Å². The first-order valence-corrected chi connectivity index (χ1v) is 7.19. The van der Waals surface area contributed by atoms with Crippen LogP contribution in [-0.4, -0.2) is 47.1 Å². The molecule has 1 aromatic rings. The van der Waals surface area contributed by atoms with Gasteiger partial charge in [0.25, 0.3) is 0 Å². The van der Waals surface area contributed by atoms with Gasteiger partial charge in [-0.2, -0.15) is 0 Å². The van der Waals surface area contributed by atoms with E-state index in [-0.39, 0.29) is 25.1 Å². The van der Waals surface area contributed by atoms with E-state index in [1.165, 1.54) is 0 Å². The molecule has 7 heteroatoms. The Morgan fingerprint density at radius 2 is 1.95 bits per heavy atom. The lowest BCUT2D eigenvalue weighted by molar-refractivity contribution is -0.145. The van der Waals surface area contributed by atoms with Crippen LogP contribution in [0.2, 0.25) is 0 Å². The molecule has 22 heavy (non-hydrogen) atoms. The Kier molecular flexibility index (Phi) is 5.74. The van der Waals surface area contributed by atoms with E-state index in [0.29, 0.717) is 18.5 Å². The fourth-order valence-electron chi connectivity index (χ4n) is 2.50. The van der Waals surface area contributed by atoms with Gasteiger partial charge in [-0.15, -0.1) is 0 Å². The summed E-state index contributed by atoms with van der Waals surface area (Å²) in [5.41, 5.74) is 0.668. The molecule has 1 heterocycles. The zero-order valence-electron chi connectivity index (χ0n) is 12.1. The summed E-state index contributed by atoms with van der Waals surface area (Å²) in [6.07, 6.45) is -0.0336. The number of aliphatic carboxylic acids is 1. The van der Waals surface area contributed by atoms with Gasteiger partial charge in [-0.25, -0.2) is 4.79 Å². The molecule has 0 aliphatic carbocycles. The van der Waals surface area contributed by atoms with E-state index in [0.717, 1.165) is 0 Å². The van der Waals surface area contributed by atoms with E-state index in [2.05, 4.69) is 10.6 Å². The van der Waals surface area contributed by atoms with Crippen LogP contribution in [0.15, 0.2) is 30.3 Å². The minimum absolute atomic E-state index is 0.0978. The van der Waals surface area contributed by atoms with Crippen LogP contribution in [0.25, 0.3) is 0 Å². The first kappa shape index (κ1) is 16.3. The molecule has 2 amide bonds. The standard InChI is InChI=1S/C15H20N2O5/c18-9-13-12(7-6-11(22-13)8-14(19)20)17-15(21)16-10-4-2-1-3-5-10/h1-5,11-13,18H,6-9H2,(H,19,20)(H2,16,17,21)/t11-,12+,13-/m1/s1. The second kappa shape index (κ2) is 7.77. The average molecular weight is 308 g/mol. The van der Waals surface area contributed by atoms with Crippen molar-refractivity contribution in [2.45, 2.75) is 37.5 Å². The summed E-state index contributed by atoms with van der Waals surface area (Å²) < 4.78 is 5.54. The minimum Gasteiger partial charge on any atom is -0.481 e. The Bertz CT molecular complexity index is 508. The van der Waals surface area contributed by atoms with Crippen molar-refractivity contribution in [3.05, 3.63) is 30.3 Å². The summed E-state index contributed by atoms with van der Waals surface area (Å²) in [4.78, 5) is 22.7. The quantitative estimate of drug-likeness (QED) is 0.653. The molecule has 0 saturated carbocycles. The topological polar surface area (TPSA) is 108 Å². The lowest BCUT2D eigenvalue weighted by atomic mass is 9.97. The number of hydrogen-bond acceptors (Lipinski definition) is 4. The maximum Gasteiger partial charge on any atom is 0.319 e. The van der Waals surface area contributed by atoms with E-state index in [9.17, 15) is 14.7 Å². The molecule has 7 nitrogen and oxygen atoms in total. The average Bonchev–Trinajstić information content (AvgIpc) is 2.49. The Morgan fingerprint density at radius 1 is 1.23 bits per heavy atom. The number of aliphatic hydroxyl groups is 1. The summed E-state index contributed by atoms with van der Waals surface area (Å²) in [5, 5.41) is 23.6. The molecule has 0 bridgehead atoms. The Hall–Kier alpha value is -2.12. The van der Waals surface area contributed by atoms with Crippen molar-refractivity contribution < 1.29 is 24.5 Å². The number of carboxylic acids is 1. The first-order valence-electron chi connectivity index (χ1n) is 7.19. The highest BCUT2D eigenvalue weighted by atomic mass is 16.5. The molecule has 0 aromatic heterocycles. The summed E-state index contributed by atoms with van der Waals surface area (Å²) >= 11 is 0. The largest absolute Gasteiger partial charge is 0.481 e. The fraction of sp³-hybridized carbons (Fsp3) is 0.467. The molecule has 1 aliphatic rings. The Labute approximate surface area is 128 Å². The third-order valence-corrected chi connectivity index (χ3v) is 3.55. The van der Waals surface area contributed by atoms with Gasteiger partial charge in [-0.1, -0.05) is 18.2 Å². The predicted octanol–water partition coefficient (Wildman–Crippen LogP) is 1.19. The number of carboxylic acid groups (broad SMARTS) is 1. The van der Waals surface area contributed by atoms with Crippen LogP contribution in [0.3, 0.4) is 0 Å². The monoisotopic (exact) mass is 308 g/mol. The van der Waals surface area contributed by atoms with Crippen molar-refractivity contribution in [1.29, 1.82) is 0 Å². The molecule has 1 aliphatic heterocycles. The van der Waals surface area contributed by atoms with Crippen LogP contribution < -0.4 is 10.6 Å². The Balaban J connectivity index is 1.86. The number of amides is 2. The van der Waals surface area contributed by atoms with Gasteiger partial charge in [0.1, 0.15) is 6.10 Å². The zero-order valence-corrected chi connectivity index (χ0v) is 12.1. The zero-order chi connectivity index (χ0) is 15.9. The van der Waals surface area contributed by atoms with Crippen LogP contribution in [0, 0.1) is 0 Å². The number of para-hydroxylation sites is 1. The van der Waals surface area contributed by atoms with Gasteiger partial charge in [-0.3, -0.25) is 4.79 Å². The van der Waals surface area contributed by atoms with Crippen LogP contribution in [0.5, 0.6) is 0 Å². The Morgan fingerprint density at radius 3 is 2.59 bits per heavy atom. The molecule has 3 atom stereocenters. The van der Waals surface area contributed by atoms with Crippen LogP contribution in [0.4, 0.5) is 10.5 Å². The van der Waals surface area contributed by atoms with Crippen molar-refractivity contribution in [3.8, 4) is 0 Å². The molecule has 4 N–H and O–H groups in total. The minimum atomic E-state index is -0.935. The molecular weight excluding hydrogens is 288 g/mol. The van der Waals surface area contributed by atoms with E-state index in [1.54, 1.807) is 12.1 Å². The van der Waals surface area contributed by atoms with Gasteiger partial charge in [-0.05, 0) is 25.0 Å². The van der Waals surface area contributed by atoms with Crippen molar-refractivity contribution >= 4 is 17.7 Å². The molecule has 1 saturated heterocycles. The number of benzene rings is 1. The maximum absolute atomic E-state index is 11.9. The van der Waals surface area contributed by atoms with Gasteiger partial charge in [0, 0.05) is 5.69 Å². The molecule has 0 radical (unpaired) electrons. The number of anilines is 1. The van der Waals surface area contributed by atoms with Crippen molar-refractivity contribution in [2.75, 3.05) is 11.9 Å². The molecule has 0 unspecified atom stereocenters. The second-order valence-electron chi connectivity index (χ2n) is 5.23. The highest BCUT2D eigenvalue weighted by Gasteiger charge is 2.32. The number of rotatable bonds is 5. The third kappa shape index (κ3) is 4.71. The van der Waals surface area contributed by atoms with Gasteiger partial charge in [0.05, 0.1) is 25.2 Å². The van der Waals surface area contributed by atoms with Gasteiger partial charge >= 0.3 is 12.0 Å². The summed E-state index contributed by atoms with van der Waals surface area (Å²) in [6.45, 7) is -0.271. The predicted molar refractivity (Wildman–Crippen MR) is 79.6 cm³/mol. The number of hydrogen-bond donors (Lipinski definition) is 4. The third-order valence-electron chi connectivity index (χ3n) is 3.55. The highest BCUT2D eigenvalue weighted by Crippen LogP contribution is 2.22. The molecule has 120 valence electrons. The molecule has 0 spiro atoms. The van der Waals surface area contributed by atoms with Crippen LogP contribution in [-0.2, 0) is 9.53 Å². The lowest BCUT2D eigenvalue weighted by Crippen LogP contribution is -2.52. The number of aliphatic hydroxyl groups excluding tert-OH is 1. The highest BCUT2D eigenvalue weighted by molar-refractivity contribution is 5.89. The number of urea groups is 1. The number of carbonyl (C=O) groups excluding carboxylic acids is 1. The molecule has 1 aromatic carbocycles. The number of carbonyl (C=O) groups is 2. The normalized spacial score (nSPS) is 24.5. The van der Waals surface area contributed by atoms with E-state index in [1.807, 2.05) is 18.2 Å². The van der Waals surface area contributed by atoms with E-state index >= 15 is 0 Å². The molecular formula is C15H20N2O5. The van der Waals surface area contributed by atoms with E-state index in [4.69, 9.17) is 9.84 Å². The van der Waals surface area contributed by atoms with Gasteiger partial charge < -0.3 is 25.6 Å². The number of nitrogens with one attached hydrogen (secondary N) is 2. The van der Waals surface area contributed by atoms with Gasteiger partial charge in [0.2, 0.25) is 0 Å². The summed E-state index contributed by atoms with van der Waals surface area (Å²) in [7, 11) is 0. The smallest absolute Gasteiger partial charge is 0.319 e. The van der Waals surface area contributed by atoms with Crippen molar-refractivity contribution in [2.24, 2.45) is 0 Å². The van der Waals surface area contributed by atoms with Crippen molar-refractivity contribution in [1.82, 2.24) is 5.32 Å². The first-order chi connectivity index (χ1) is 10.6. The molecule has 1 fully saturated rings. The summed E-state index contributed by atoms with van der Waals surface area (Å²) in [5.74, 6) is -0.935. The second-order valence-corrected chi connectivity index (χ2v) is 5.23. The van der Waals surface area contributed by atoms with Crippen LogP contribution >= 0.6 is 0 Å². The SMILES string of the molecule is O=C(O)C[C@H]1CC[C@H](NC(=O)Nc2ccccc2)[C@@H](CO)O1.